The van der Waals surface area contributed by atoms with Crippen LogP contribution in [0.1, 0.15) is 42.5 Å². The first-order chi connectivity index (χ1) is 10.1. The van der Waals surface area contributed by atoms with Gasteiger partial charge in [-0.25, -0.2) is 0 Å². The Morgan fingerprint density at radius 2 is 2.10 bits per heavy atom. The van der Waals surface area contributed by atoms with Crippen molar-refractivity contribution >= 4 is 21.8 Å². The molecule has 1 fully saturated rings. The van der Waals surface area contributed by atoms with Crippen molar-refractivity contribution in [2.45, 2.75) is 32.1 Å². The van der Waals surface area contributed by atoms with Crippen molar-refractivity contribution in [3.63, 3.8) is 0 Å². The number of nitrogens with one attached hydrogen (secondary N) is 1. The van der Waals surface area contributed by atoms with Crippen molar-refractivity contribution in [3.8, 4) is 5.75 Å². The molecule has 2 N–H and O–H groups in total. The Balaban J connectivity index is 1.99. The van der Waals surface area contributed by atoms with Gasteiger partial charge in [0.1, 0.15) is 5.75 Å². The van der Waals surface area contributed by atoms with Crippen LogP contribution in [0.4, 0.5) is 0 Å². The third kappa shape index (κ3) is 3.98. The zero-order valence-electron chi connectivity index (χ0n) is 12.3. The molecule has 116 valence electrons. The summed E-state index contributed by atoms with van der Waals surface area (Å²) >= 11 is 3.38. The number of aliphatic hydroxyl groups is 1. The van der Waals surface area contributed by atoms with Gasteiger partial charge in [0.05, 0.1) is 18.2 Å². The number of carbonyl (C=O) groups excluding carboxylic acids is 1. The molecule has 0 bridgehead atoms. The zero-order valence-corrected chi connectivity index (χ0v) is 13.9. The van der Waals surface area contributed by atoms with Gasteiger partial charge in [-0.2, -0.15) is 0 Å². The van der Waals surface area contributed by atoms with Crippen molar-refractivity contribution < 1.29 is 14.6 Å². The van der Waals surface area contributed by atoms with E-state index in [0.717, 1.165) is 30.2 Å². The molecule has 0 aliphatic heterocycles. The maximum atomic E-state index is 12.2. The van der Waals surface area contributed by atoms with Gasteiger partial charge in [0.15, 0.2) is 0 Å². The largest absolute Gasteiger partial charge is 0.496 e. The van der Waals surface area contributed by atoms with Gasteiger partial charge >= 0.3 is 0 Å². The number of benzene rings is 1. The van der Waals surface area contributed by atoms with Gasteiger partial charge in [0.25, 0.3) is 5.91 Å². The third-order valence-corrected chi connectivity index (χ3v) is 4.91. The molecule has 0 unspecified atom stereocenters. The Kier molecular flexibility index (Phi) is 5.65. The molecule has 21 heavy (non-hydrogen) atoms. The molecule has 2 rings (SSSR count). The van der Waals surface area contributed by atoms with Gasteiger partial charge in [0.2, 0.25) is 0 Å². The quantitative estimate of drug-likeness (QED) is 0.852. The van der Waals surface area contributed by atoms with Gasteiger partial charge in [-0.15, -0.1) is 0 Å². The van der Waals surface area contributed by atoms with Gasteiger partial charge in [-0.1, -0.05) is 19.3 Å². The number of rotatable bonds is 5. The van der Waals surface area contributed by atoms with Crippen molar-refractivity contribution in [1.29, 1.82) is 0 Å². The molecule has 0 aromatic heterocycles. The maximum Gasteiger partial charge on any atom is 0.251 e. The highest BCUT2D eigenvalue weighted by Crippen LogP contribution is 2.35. The highest BCUT2D eigenvalue weighted by Gasteiger charge is 2.31. The van der Waals surface area contributed by atoms with Crippen LogP contribution in [0.2, 0.25) is 0 Å². The van der Waals surface area contributed by atoms with Crippen LogP contribution in [0.25, 0.3) is 0 Å². The zero-order chi connectivity index (χ0) is 15.3. The molecule has 1 aromatic rings. The third-order valence-electron chi connectivity index (χ3n) is 4.29. The van der Waals surface area contributed by atoms with Gasteiger partial charge in [-0.05, 0) is 47.0 Å². The molecular formula is C16H22BrNO3. The molecule has 0 atom stereocenters. The van der Waals surface area contributed by atoms with E-state index in [9.17, 15) is 9.90 Å². The molecule has 0 saturated heterocycles. The molecule has 0 radical (unpaired) electrons. The predicted octanol–water partition coefficient (Wildman–Crippen LogP) is 3.13. The maximum absolute atomic E-state index is 12.2. The fourth-order valence-corrected chi connectivity index (χ4v) is 3.41. The van der Waals surface area contributed by atoms with Crippen molar-refractivity contribution in [2.24, 2.45) is 5.41 Å². The SMILES string of the molecule is COc1ccc(C(=O)NCC2(CO)CCCCC2)cc1Br. The highest BCUT2D eigenvalue weighted by atomic mass is 79.9. The molecule has 1 amide bonds. The smallest absolute Gasteiger partial charge is 0.251 e. The van der Waals surface area contributed by atoms with Crippen LogP contribution in [0.3, 0.4) is 0 Å². The van der Waals surface area contributed by atoms with E-state index >= 15 is 0 Å². The van der Waals surface area contributed by atoms with Crippen molar-refractivity contribution in [1.82, 2.24) is 5.32 Å². The first kappa shape index (κ1) is 16.3. The molecule has 5 heteroatoms. The number of halogens is 1. The van der Waals surface area contributed by atoms with Gasteiger partial charge < -0.3 is 15.2 Å². The highest BCUT2D eigenvalue weighted by molar-refractivity contribution is 9.10. The summed E-state index contributed by atoms with van der Waals surface area (Å²) in [7, 11) is 1.59. The van der Waals surface area contributed by atoms with E-state index in [0.29, 0.717) is 17.9 Å². The van der Waals surface area contributed by atoms with Crippen LogP contribution in [-0.2, 0) is 0 Å². The van der Waals surface area contributed by atoms with Crippen LogP contribution in [0.15, 0.2) is 22.7 Å². The van der Waals surface area contributed by atoms with Gasteiger partial charge in [-0.3, -0.25) is 4.79 Å². The van der Waals surface area contributed by atoms with E-state index in [-0.39, 0.29) is 17.9 Å². The van der Waals surface area contributed by atoms with Crippen molar-refractivity contribution in [2.75, 3.05) is 20.3 Å². The fraction of sp³-hybridized carbons (Fsp3) is 0.562. The summed E-state index contributed by atoms with van der Waals surface area (Å²) in [5.41, 5.74) is 0.448. The fourth-order valence-electron chi connectivity index (χ4n) is 2.87. The number of ether oxygens (including phenoxy) is 1. The minimum Gasteiger partial charge on any atom is -0.496 e. The molecule has 4 nitrogen and oxygen atoms in total. The molecule has 0 spiro atoms. The second-order valence-corrected chi connectivity index (χ2v) is 6.61. The number of amides is 1. The standard InChI is InChI=1S/C16H22BrNO3/c1-21-14-6-5-12(9-13(14)17)15(20)18-10-16(11-19)7-3-2-4-8-16/h5-6,9,19H,2-4,7-8,10-11H2,1H3,(H,18,20). The summed E-state index contributed by atoms with van der Waals surface area (Å²) in [5.74, 6) is 0.586. The topological polar surface area (TPSA) is 58.6 Å². The van der Waals surface area contributed by atoms with Crippen LogP contribution in [0, 0.1) is 5.41 Å². The normalized spacial score (nSPS) is 17.3. The van der Waals surface area contributed by atoms with Crippen LogP contribution in [-0.4, -0.2) is 31.3 Å². The number of hydrogen-bond acceptors (Lipinski definition) is 3. The number of hydrogen-bond donors (Lipinski definition) is 2. The minimum absolute atomic E-state index is 0.114. The van der Waals surface area contributed by atoms with E-state index in [1.807, 2.05) is 0 Å². The Labute approximate surface area is 134 Å². The summed E-state index contributed by atoms with van der Waals surface area (Å²) in [6.45, 7) is 0.672. The molecule has 1 saturated carbocycles. The average molecular weight is 356 g/mol. The average Bonchev–Trinajstić information content (AvgIpc) is 2.53. The summed E-state index contributed by atoms with van der Waals surface area (Å²) in [6, 6.07) is 5.26. The van der Waals surface area contributed by atoms with Gasteiger partial charge in [0, 0.05) is 17.5 Å². The molecular weight excluding hydrogens is 334 g/mol. The Morgan fingerprint density at radius 1 is 1.38 bits per heavy atom. The molecule has 1 aliphatic carbocycles. The lowest BCUT2D eigenvalue weighted by atomic mass is 9.74. The number of methoxy groups -OCH3 is 1. The predicted molar refractivity (Wildman–Crippen MR) is 85.6 cm³/mol. The second kappa shape index (κ2) is 7.27. The second-order valence-electron chi connectivity index (χ2n) is 5.75. The summed E-state index contributed by atoms with van der Waals surface area (Å²) < 4.78 is 5.91. The summed E-state index contributed by atoms with van der Waals surface area (Å²) in [4.78, 5) is 12.2. The first-order valence-electron chi connectivity index (χ1n) is 7.33. The first-order valence-corrected chi connectivity index (χ1v) is 8.12. The molecule has 1 aromatic carbocycles. The Hall–Kier alpha value is -1.07. The Morgan fingerprint density at radius 3 is 2.67 bits per heavy atom. The van der Waals surface area contributed by atoms with Crippen LogP contribution < -0.4 is 10.1 Å². The number of aliphatic hydroxyl groups excluding tert-OH is 1. The Bertz CT molecular complexity index is 498. The monoisotopic (exact) mass is 355 g/mol. The van der Waals surface area contributed by atoms with E-state index in [4.69, 9.17) is 4.74 Å². The minimum atomic E-state index is -0.141. The van der Waals surface area contributed by atoms with E-state index < -0.39 is 0 Å². The van der Waals surface area contributed by atoms with Crippen molar-refractivity contribution in [3.05, 3.63) is 28.2 Å². The lowest BCUT2D eigenvalue weighted by Gasteiger charge is -2.35. The molecule has 1 aliphatic rings. The van der Waals surface area contributed by atoms with Crippen LogP contribution in [0.5, 0.6) is 5.75 Å². The lowest BCUT2D eigenvalue weighted by Crippen LogP contribution is -2.41. The van der Waals surface area contributed by atoms with Crippen LogP contribution >= 0.6 is 15.9 Å². The lowest BCUT2D eigenvalue weighted by molar-refractivity contribution is 0.0718. The van der Waals surface area contributed by atoms with E-state index in [1.54, 1.807) is 25.3 Å². The van der Waals surface area contributed by atoms with E-state index in [1.165, 1.54) is 6.42 Å². The molecule has 0 heterocycles. The number of carbonyl (C=O) groups is 1. The summed E-state index contributed by atoms with van der Waals surface area (Å²) in [5, 5.41) is 12.6. The summed E-state index contributed by atoms with van der Waals surface area (Å²) in [6.07, 6.45) is 5.45. The van der Waals surface area contributed by atoms with E-state index in [2.05, 4.69) is 21.2 Å².